The van der Waals surface area contributed by atoms with Crippen molar-refractivity contribution in [3.05, 3.63) is 10.4 Å². The van der Waals surface area contributed by atoms with Gasteiger partial charge in [0.2, 0.25) is 0 Å². The largest absolute Gasteiger partial charge is 0.390 e. The number of hydrogen-bond acceptors (Lipinski definition) is 6. The third kappa shape index (κ3) is 3.69. The molecule has 0 bridgehead atoms. The Morgan fingerprint density at radius 3 is 2.29 bits per heavy atom. The van der Waals surface area contributed by atoms with Crippen molar-refractivity contribution in [2.45, 2.75) is 31.0 Å². The predicted octanol–water partition coefficient (Wildman–Crippen LogP) is -1.71. The second-order valence-corrected chi connectivity index (χ2v) is 2.57. The molecule has 4 atom stereocenters. The molecular weight excluding hydrogens is 194 g/mol. The van der Waals surface area contributed by atoms with E-state index in [-0.39, 0.29) is 6.42 Å². The van der Waals surface area contributed by atoms with E-state index >= 15 is 0 Å². The van der Waals surface area contributed by atoms with Crippen molar-refractivity contribution >= 4 is 6.29 Å². The van der Waals surface area contributed by atoms with Crippen molar-refractivity contribution in [3.8, 4) is 0 Å². The number of aliphatic hydroxyl groups excluding tert-OH is 4. The maximum atomic E-state index is 9.94. The summed E-state index contributed by atoms with van der Waals surface area (Å²) < 4.78 is 0. The first-order chi connectivity index (χ1) is 6.54. The average Bonchev–Trinajstić information content (AvgIpc) is 2.16. The van der Waals surface area contributed by atoms with Crippen LogP contribution in [0.3, 0.4) is 0 Å². The number of nitrogens with zero attached hydrogens (tertiary/aromatic N) is 3. The maximum absolute atomic E-state index is 9.94. The number of aliphatic hydroxyl groups is 4. The van der Waals surface area contributed by atoms with Crippen LogP contribution < -0.4 is 0 Å². The molecule has 1 unspecified atom stereocenters. The molecule has 8 heteroatoms. The maximum Gasteiger partial charge on any atom is 0.161 e. The van der Waals surface area contributed by atoms with Gasteiger partial charge in [-0.25, -0.2) is 0 Å². The molecular formula is C6H11N3O5. The average molecular weight is 205 g/mol. The third-order valence-electron chi connectivity index (χ3n) is 1.56. The molecule has 0 aromatic carbocycles. The fourth-order valence-electron chi connectivity index (χ4n) is 0.763. The van der Waals surface area contributed by atoms with E-state index in [1.165, 1.54) is 0 Å². The summed E-state index contributed by atoms with van der Waals surface area (Å²) >= 11 is 0. The Bertz CT molecular complexity index is 230. The molecule has 0 aromatic heterocycles. The molecule has 0 radical (unpaired) electrons. The predicted molar refractivity (Wildman–Crippen MR) is 43.9 cm³/mol. The first-order valence-electron chi connectivity index (χ1n) is 3.74. The van der Waals surface area contributed by atoms with Crippen molar-refractivity contribution in [1.29, 1.82) is 0 Å². The van der Waals surface area contributed by atoms with Crippen LogP contribution in [0.2, 0.25) is 0 Å². The standard InChI is InChI=1S/C6H11N3O5/c7-9-8-6(14)5(13)4(12)3(11)1-2-10/h2-6,11-14H,1H2/t3-,4-,5+,6?/m0/s1. The Kier molecular flexibility index (Phi) is 5.77. The fourth-order valence-corrected chi connectivity index (χ4v) is 0.763. The summed E-state index contributed by atoms with van der Waals surface area (Å²) in [4.78, 5) is 12.1. The molecule has 0 aromatic rings. The van der Waals surface area contributed by atoms with Gasteiger partial charge < -0.3 is 25.2 Å². The molecule has 0 aliphatic carbocycles. The number of azide groups is 1. The number of carbonyl (C=O) groups is 1. The Hall–Kier alpha value is -1.18. The second kappa shape index (κ2) is 6.30. The summed E-state index contributed by atoms with van der Waals surface area (Å²) in [6.07, 6.45) is -6.99. The molecule has 0 spiro atoms. The van der Waals surface area contributed by atoms with Crippen LogP contribution in [0.4, 0.5) is 0 Å². The molecule has 0 saturated heterocycles. The van der Waals surface area contributed by atoms with Gasteiger partial charge in [0.25, 0.3) is 0 Å². The molecule has 4 N–H and O–H groups in total. The van der Waals surface area contributed by atoms with Crippen LogP contribution in [0.5, 0.6) is 0 Å². The van der Waals surface area contributed by atoms with Gasteiger partial charge in [0.15, 0.2) is 6.23 Å². The Labute approximate surface area is 79.0 Å². The van der Waals surface area contributed by atoms with Crippen LogP contribution in [-0.2, 0) is 4.79 Å². The summed E-state index contributed by atoms with van der Waals surface area (Å²) in [5, 5.41) is 38.8. The van der Waals surface area contributed by atoms with Crippen LogP contribution in [0.1, 0.15) is 6.42 Å². The lowest BCUT2D eigenvalue weighted by atomic mass is 10.1. The highest BCUT2D eigenvalue weighted by atomic mass is 16.4. The summed E-state index contributed by atoms with van der Waals surface area (Å²) in [6, 6.07) is 0. The molecule has 0 aliphatic rings. The van der Waals surface area contributed by atoms with Crippen LogP contribution in [0, 0.1) is 0 Å². The van der Waals surface area contributed by atoms with Gasteiger partial charge in [0.05, 0.1) is 6.10 Å². The minimum absolute atomic E-state index is 0.348. The van der Waals surface area contributed by atoms with Crippen molar-refractivity contribution in [2.75, 3.05) is 0 Å². The third-order valence-corrected chi connectivity index (χ3v) is 1.56. The Balaban J connectivity index is 4.28. The molecule has 0 amide bonds. The van der Waals surface area contributed by atoms with Crippen LogP contribution in [0.25, 0.3) is 10.4 Å². The molecule has 0 rings (SSSR count). The monoisotopic (exact) mass is 205 g/mol. The van der Waals surface area contributed by atoms with Gasteiger partial charge in [-0.2, -0.15) is 0 Å². The minimum Gasteiger partial charge on any atom is -0.390 e. The molecule has 14 heavy (non-hydrogen) atoms. The topological polar surface area (TPSA) is 147 Å². The molecule has 0 fully saturated rings. The lowest BCUT2D eigenvalue weighted by Gasteiger charge is -2.22. The zero-order valence-electron chi connectivity index (χ0n) is 7.13. The second-order valence-electron chi connectivity index (χ2n) is 2.57. The van der Waals surface area contributed by atoms with Gasteiger partial charge in [-0.1, -0.05) is 5.11 Å². The van der Waals surface area contributed by atoms with E-state index in [0.717, 1.165) is 0 Å². The van der Waals surface area contributed by atoms with Crippen molar-refractivity contribution < 1.29 is 25.2 Å². The van der Waals surface area contributed by atoms with E-state index in [9.17, 15) is 4.79 Å². The summed E-state index contributed by atoms with van der Waals surface area (Å²) in [5.41, 5.74) is 7.90. The van der Waals surface area contributed by atoms with Crippen molar-refractivity contribution in [1.82, 2.24) is 0 Å². The van der Waals surface area contributed by atoms with Crippen molar-refractivity contribution in [2.24, 2.45) is 5.11 Å². The number of rotatable bonds is 6. The fraction of sp³-hybridized carbons (Fsp3) is 0.833. The minimum atomic E-state index is -1.86. The zero-order chi connectivity index (χ0) is 11.1. The van der Waals surface area contributed by atoms with Crippen LogP contribution >= 0.6 is 0 Å². The SMILES string of the molecule is [N-]=[N+]=NC(O)[C@H](O)[C@@H](O)[C@@H](O)CC=O. The summed E-state index contributed by atoms with van der Waals surface area (Å²) in [5.74, 6) is 0. The van der Waals surface area contributed by atoms with Gasteiger partial charge in [-0.15, -0.1) is 0 Å². The molecule has 8 nitrogen and oxygen atoms in total. The van der Waals surface area contributed by atoms with Crippen LogP contribution in [-0.4, -0.2) is 51.3 Å². The van der Waals surface area contributed by atoms with Crippen molar-refractivity contribution in [3.63, 3.8) is 0 Å². The van der Waals surface area contributed by atoms with E-state index in [4.69, 9.17) is 26.0 Å². The van der Waals surface area contributed by atoms with Gasteiger partial charge >= 0.3 is 0 Å². The molecule has 80 valence electrons. The van der Waals surface area contributed by atoms with Gasteiger partial charge in [0.1, 0.15) is 18.5 Å². The first kappa shape index (κ1) is 12.8. The smallest absolute Gasteiger partial charge is 0.161 e. The van der Waals surface area contributed by atoms with E-state index in [2.05, 4.69) is 10.0 Å². The number of aldehydes is 1. The van der Waals surface area contributed by atoms with E-state index in [1.807, 2.05) is 0 Å². The molecule has 0 heterocycles. The normalized spacial score (nSPS) is 18.9. The Morgan fingerprint density at radius 2 is 1.86 bits per heavy atom. The van der Waals surface area contributed by atoms with E-state index in [0.29, 0.717) is 6.29 Å². The van der Waals surface area contributed by atoms with Gasteiger partial charge in [-0.3, -0.25) is 0 Å². The lowest BCUT2D eigenvalue weighted by molar-refractivity contribution is -0.120. The number of carbonyl (C=O) groups excluding carboxylic acids is 1. The van der Waals surface area contributed by atoms with Crippen LogP contribution in [0.15, 0.2) is 5.11 Å². The summed E-state index contributed by atoms with van der Waals surface area (Å²) in [6.45, 7) is 0. The highest BCUT2D eigenvalue weighted by molar-refractivity contribution is 5.50. The van der Waals surface area contributed by atoms with Gasteiger partial charge in [0, 0.05) is 11.3 Å². The lowest BCUT2D eigenvalue weighted by Crippen LogP contribution is -2.43. The van der Waals surface area contributed by atoms with Gasteiger partial charge in [-0.05, 0) is 5.53 Å². The quantitative estimate of drug-likeness (QED) is 0.176. The zero-order valence-corrected chi connectivity index (χ0v) is 7.13. The Morgan fingerprint density at radius 1 is 1.29 bits per heavy atom. The molecule has 0 aliphatic heterocycles. The summed E-state index contributed by atoms with van der Waals surface area (Å²) in [7, 11) is 0. The van der Waals surface area contributed by atoms with E-state index in [1.54, 1.807) is 0 Å². The highest BCUT2D eigenvalue weighted by Gasteiger charge is 2.29. The highest BCUT2D eigenvalue weighted by Crippen LogP contribution is 2.07. The first-order valence-corrected chi connectivity index (χ1v) is 3.74. The molecule has 0 saturated carbocycles. The van der Waals surface area contributed by atoms with E-state index < -0.39 is 24.5 Å². The number of hydrogen-bond donors (Lipinski definition) is 4.